The van der Waals surface area contributed by atoms with Gasteiger partial charge in [0.05, 0.1) is 29.8 Å². The van der Waals surface area contributed by atoms with Crippen molar-refractivity contribution in [3.63, 3.8) is 0 Å². The van der Waals surface area contributed by atoms with E-state index in [1.54, 1.807) is 0 Å². The lowest BCUT2D eigenvalue weighted by Gasteiger charge is -2.26. The van der Waals surface area contributed by atoms with Gasteiger partial charge in [0.15, 0.2) is 0 Å². The molecule has 2 aromatic carbocycles. The maximum atomic E-state index is 6.22. The highest BCUT2D eigenvalue weighted by atomic mass is 16.5. The van der Waals surface area contributed by atoms with E-state index in [2.05, 4.69) is 64.3 Å². The third-order valence-electron chi connectivity index (χ3n) is 5.89. The summed E-state index contributed by atoms with van der Waals surface area (Å²) < 4.78 is 5.44. The van der Waals surface area contributed by atoms with Crippen LogP contribution in [-0.2, 0) is 11.2 Å². The SMILES string of the molecule is Cc1ccc2nc(-c3cc(-c4cccc(CCN5CCOCC5)c4)cnc3N)[nH]c2c1. The number of benzene rings is 2. The first kappa shape index (κ1) is 19.7. The monoisotopic (exact) mass is 413 g/mol. The molecule has 1 aliphatic heterocycles. The minimum absolute atomic E-state index is 0.475. The van der Waals surface area contributed by atoms with Gasteiger partial charge in [-0.05, 0) is 48.2 Å². The fourth-order valence-corrected chi connectivity index (χ4v) is 4.09. The largest absolute Gasteiger partial charge is 0.383 e. The zero-order chi connectivity index (χ0) is 21.2. The molecule has 1 fully saturated rings. The Balaban J connectivity index is 1.41. The summed E-state index contributed by atoms with van der Waals surface area (Å²) >= 11 is 0. The van der Waals surface area contributed by atoms with Gasteiger partial charge in [0.2, 0.25) is 0 Å². The molecular weight excluding hydrogens is 386 g/mol. The van der Waals surface area contributed by atoms with Gasteiger partial charge in [-0.1, -0.05) is 30.3 Å². The van der Waals surface area contributed by atoms with Crippen molar-refractivity contribution in [2.45, 2.75) is 13.3 Å². The van der Waals surface area contributed by atoms with Crippen LogP contribution < -0.4 is 5.73 Å². The molecule has 31 heavy (non-hydrogen) atoms. The molecule has 3 N–H and O–H groups in total. The van der Waals surface area contributed by atoms with E-state index in [1.807, 2.05) is 12.3 Å². The quantitative estimate of drug-likeness (QED) is 0.516. The first-order chi connectivity index (χ1) is 15.2. The van der Waals surface area contributed by atoms with E-state index in [0.717, 1.165) is 72.8 Å². The summed E-state index contributed by atoms with van der Waals surface area (Å²) in [5.74, 6) is 1.22. The number of hydrogen-bond donors (Lipinski definition) is 2. The minimum Gasteiger partial charge on any atom is -0.383 e. The Hall–Kier alpha value is -3.22. The van der Waals surface area contributed by atoms with Gasteiger partial charge in [-0.3, -0.25) is 4.90 Å². The lowest BCUT2D eigenvalue weighted by atomic mass is 10.0. The number of pyridine rings is 1. The van der Waals surface area contributed by atoms with Crippen LogP contribution in [-0.4, -0.2) is 52.7 Å². The first-order valence-electron chi connectivity index (χ1n) is 10.8. The molecule has 1 aliphatic rings. The lowest BCUT2D eigenvalue weighted by molar-refractivity contribution is 0.0384. The summed E-state index contributed by atoms with van der Waals surface area (Å²) in [6, 6.07) is 16.9. The van der Waals surface area contributed by atoms with Crippen LogP contribution in [0.3, 0.4) is 0 Å². The molecule has 0 spiro atoms. The van der Waals surface area contributed by atoms with Crippen molar-refractivity contribution in [3.05, 3.63) is 65.9 Å². The molecule has 6 nitrogen and oxygen atoms in total. The Kier molecular flexibility index (Phi) is 5.40. The summed E-state index contributed by atoms with van der Waals surface area (Å²) in [4.78, 5) is 15.0. The number of fused-ring (bicyclic) bond motifs is 1. The number of imidazole rings is 1. The van der Waals surface area contributed by atoms with Crippen LogP contribution in [0.2, 0.25) is 0 Å². The molecule has 0 aliphatic carbocycles. The molecule has 0 amide bonds. The van der Waals surface area contributed by atoms with Crippen molar-refractivity contribution in [3.8, 4) is 22.5 Å². The van der Waals surface area contributed by atoms with Gasteiger partial charge >= 0.3 is 0 Å². The number of aromatic nitrogens is 3. The number of rotatable bonds is 5. The third-order valence-corrected chi connectivity index (χ3v) is 5.89. The second-order valence-electron chi connectivity index (χ2n) is 8.17. The first-order valence-corrected chi connectivity index (χ1v) is 10.8. The average Bonchev–Trinajstić information content (AvgIpc) is 3.22. The van der Waals surface area contributed by atoms with Crippen molar-refractivity contribution in [2.75, 3.05) is 38.6 Å². The molecule has 2 aromatic heterocycles. The van der Waals surface area contributed by atoms with Gasteiger partial charge in [0.25, 0.3) is 0 Å². The number of nitrogens with zero attached hydrogens (tertiary/aromatic N) is 3. The Morgan fingerprint density at radius 3 is 2.81 bits per heavy atom. The highest BCUT2D eigenvalue weighted by Crippen LogP contribution is 2.30. The molecule has 158 valence electrons. The maximum Gasteiger partial charge on any atom is 0.142 e. The average molecular weight is 414 g/mol. The number of anilines is 1. The normalized spacial score (nSPS) is 14.9. The molecule has 3 heterocycles. The highest BCUT2D eigenvalue weighted by Gasteiger charge is 2.13. The number of ether oxygens (including phenoxy) is 1. The van der Waals surface area contributed by atoms with Crippen LogP contribution in [0.15, 0.2) is 54.7 Å². The van der Waals surface area contributed by atoms with Gasteiger partial charge in [-0.15, -0.1) is 0 Å². The number of nitrogen functional groups attached to an aromatic ring is 1. The molecule has 0 bridgehead atoms. The Bertz CT molecular complexity index is 1210. The summed E-state index contributed by atoms with van der Waals surface area (Å²) in [6.45, 7) is 6.82. The highest BCUT2D eigenvalue weighted by molar-refractivity contribution is 5.83. The Morgan fingerprint density at radius 1 is 1.06 bits per heavy atom. The number of nitrogens with two attached hydrogens (primary N) is 1. The Morgan fingerprint density at radius 2 is 1.94 bits per heavy atom. The minimum atomic E-state index is 0.475. The molecule has 6 heteroatoms. The van der Waals surface area contributed by atoms with E-state index in [0.29, 0.717) is 5.82 Å². The van der Waals surface area contributed by atoms with E-state index in [9.17, 15) is 0 Å². The van der Waals surface area contributed by atoms with Crippen LogP contribution in [0.1, 0.15) is 11.1 Å². The van der Waals surface area contributed by atoms with E-state index < -0.39 is 0 Å². The molecular formula is C25H27N5O. The van der Waals surface area contributed by atoms with Crippen LogP contribution in [0.25, 0.3) is 33.5 Å². The number of morpholine rings is 1. The van der Waals surface area contributed by atoms with Crippen molar-refractivity contribution in [1.82, 2.24) is 19.9 Å². The molecule has 1 saturated heterocycles. The predicted octanol–water partition coefficient (Wildman–Crippen LogP) is 4.06. The van der Waals surface area contributed by atoms with Crippen LogP contribution in [0, 0.1) is 6.92 Å². The van der Waals surface area contributed by atoms with Crippen LogP contribution in [0.4, 0.5) is 5.82 Å². The smallest absolute Gasteiger partial charge is 0.142 e. The number of hydrogen-bond acceptors (Lipinski definition) is 5. The molecule has 0 unspecified atom stereocenters. The van der Waals surface area contributed by atoms with Gasteiger partial charge in [-0.25, -0.2) is 9.97 Å². The van der Waals surface area contributed by atoms with Crippen LogP contribution in [0.5, 0.6) is 0 Å². The zero-order valence-corrected chi connectivity index (χ0v) is 17.8. The standard InChI is InChI=1S/C25H27N5O/c1-17-5-6-22-23(13-17)29-25(28-22)21-15-20(16-27-24(21)26)19-4-2-3-18(14-19)7-8-30-9-11-31-12-10-30/h2-6,13-16H,7-12H2,1H3,(H2,26,27)(H,28,29). The molecule has 0 radical (unpaired) electrons. The summed E-state index contributed by atoms with van der Waals surface area (Å²) in [6.07, 6.45) is 2.86. The van der Waals surface area contributed by atoms with Crippen molar-refractivity contribution >= 4 is 16.9 Å². The van der Waals surface area contributed by atoms with Gasteiger partial charge in [-0.2, -0.15) is 0 Å². The van der Waals surface area contributed by atoms with Gasteiger partial charge < -0.3 is 15.5 Å². The topological polar surface area (TPSA) is 80.1 Å². The molecule has 0 saturated carbocycles. The number of H-pyrrole nitrogens is 1. The lowest BCUT2D eigenvalue weighted by Crippen LogP contribution is -2.37. The zero-order valence-electron chi connectivity index (χ0n) is 17.8. The van der Waals surface area contributed by atoms with Gasteiger partial charge in [0, 0.05) is 31.4 Å². The number of aromatic amines is 1. The summed E-state index contributed by atoms with van der Waals surface area (Å²) in [7, 11) is 0. The fraction of sp³-hybridized carbons (Fsp3) is 0.280. The molecule has 0 atom stereocenters. The third kappa shape index (κ3) is 4.31. The second kappa shape index (κ2) is 8.49. The second-order valence-corrected chi connectivity index (χ2v) is 8.17. The van der Waals surface area contributed by atoms with Crippen molar-refractivity contribution in [1.29, 1.82) is 0 Å². The Labute approximate surface area is 182 Å². The molecule has 5 rings (SSSR count). The van der Waals surface area contributed by atoms with Crippen molar-refractivity contribution < 1.29 is 4.74 Å². The van der Waals surface area contributed by atoms with Crippen molar-refractivity contribution in [2.24, 2.45) is 0 Å². The molecule has 4 aromatic rings. The summed E-state index contributed by atoms with van der Waals surface area (Å²) in [5.41, 5.74) is 13.7. The fourth-order valence-electron chi connectivity index (χ4n) is 4.09. The predicted molar refractivity (Wildman–Crippen MR) is 125 cm³/mol. The van der Waals surface area contributed by atoms with E-state index >= 15 is 0 Å². The van der Waals surface area contributed by atoms with E-state index in [4.69, 9.17) is 15.5 Å². The van der Waals surface area contributed by atoms with Crippen LogP contribution >= 0.6 is 0 Å². The van der Waals surface area contributed by atoms with E-state index in [-0.39, 0.29) is 0 Å². The maximum absolute atomic E-state index is 6.22. The number of aryl methyl sites for hydroxylation is 1. The summed E-state index contributed by atoms with van der Waals surface area (Å²) in [5, 5.41) is 0. The number of nitrogens with one attached hydrogen (secondary N) is 1. The van der Waals surface area contributed by atoms with E-state index in [1.165, 1.54) is 11.1 Å². The van der Waals surface area contributed by atoms with Gasteiger partial charge in [0.1, 0.15) is 11.6 Å².